The van der Waals surface area contributed by atoms with Gasteiger partial charge in [-0.05, 0) is 64.9 Å². The Hall–Kier alpha value is -1.62. The second-order valence-electron chi connectivity index (χ2n) is 7.67. The van der Waals surface area contributed by atoms with Crippen LogP contribution >= 0.6 is 12.6 Å². The number of ether oxygens (including phenoxy) is 1. The van der Waals surface area contributed by atoms with Crippen LogP contribution in [0, 0.1) is 11.8 Å². The summed E-state index contributed by atoms with van der Waals surface area (Å²) < 4.78 is 5.15. The molecule has 0 heterocycles. The van der Waals surface area contributed by atoms with Gasteiger partial charge in [0.05, 0.1) is 11.2 Å². The fourth-order valence-corrected chi connectivity index (χ4v) is 3.25. The molecule has 0 aliphatic heterocycles. The van der Waals surface area contributed by atoms with Gasteiger partial charge in [0.15, 0.2) is 18.2 Å². The maximum Gasteiger partial charge on any atom is 0.309 e. The summed E-state index contributed by atoms with van der Waals surface area (Å²) in [4.78, 5) is 33.9. The third-order valence-electron chi connectivity index (χ3n) is 4.63. The van der Waals surface area contributed by atoms with Gasteiger partial charge in [-0.3, -0.25) is 14.4 Å². The molecule has 1 unspecified atom stereocenters. The second-order valence-corrected chi connectivity index (χ2v) is 8.29. The zero-order chi connectivity index (χ0) is 21.7. The number of Topliss-reactive ketones (excluding diaryl/α,β-unsaturated/α-hetero) is 1. The van der Waals surface area contributed by atoms with Crippen LogP contribution in [0.4, 0.5) is 0 Å². The van der Waals surface area contributed by atoms with Gasteiger partial charge >= 0.3 is 5.97 Å². The number of rotatable bonds is 9. The Bertz CT molecular complexity index is 567. The first-order valence-corrected chi connectivity index (χ1v) is 10.4. The lowest BCUT2D eigenvalue weighted by molar-refractivity contribution is -0.153. The van der Waals surface area contributed by atoms with Crippen LogP contribution in [-0.4, -0.2) is 29.4 Å². The first-order valence-electron chi connectivity index (χ1n) is 9.92. The van der Waals surface area contributed by atoms with E-state index in [-0.39, 0.29) is 30.1 Å². The lowest BCUT2D eigenvalue weighted by atomic mass is 9.81. The van der Waals surface area contributed by atoms with Gasteiger partial charge in [0, 0.05) is 0 Å². The lowest BCUT2D eigenvalue weighted by Gasteiger charge is -2.26. The Kier molecular flexibility index (Phi) is 13.6. The molecule has 0 aromatic carbocycles. The van der Waals surface area contributed by atoms with E-state index < -0.39 is 5.25 Å². The van der Waals surface area contributed by atoms with Crippen molar-refractivity contribution < 1.29 is 19.1 Å². The van der Waals surface area contributed by atoms with Crippen molar-refractivity contribution in [3.63, 3.8) is 0 Å². The van der Waals surface area contributed by atoms with Crippen molar-refractivity contribution in [2.45, 2.75) is 71.5 Å². The van der Waals surface area contributed by atoms with Crippen molar-refractivity contribution in [2.24, 2.45) is 11.8 Å². The summed E-state index contributed by atoms with van der Waals surface area (Å²) in [5, 5.41) is -0.420. The van der Waals surface area contributed by atoms with Gasteiger partial charge in [-0.1, -0.05) is 37.1 Å². The normalized spacial score (nSPS) is 19.9. The number of hydrogen-bond acceptors (Lipinski definition) is 5. The van der Waals surface area contributed by atoms with E-state index in [4.69, 9.17) is 4.74 Å². The number of esters is 1. The van der Waals surface area contributed by atoms with Crippen LogP contribution in [0.2, 0.25) is 0 Å². The van der Waals surface area contributed by atoms with Crippen LogP contribution in [-0.2, 0) is 19.1 Å². The van der Waals surface area contributed by atoms with E-state index in [1.54, 1.807) is 6.08 Å². The first kappa shape index (κ1) is 26.4. The van der Waals surface area contributed by atoms with E-state index >= 15 is 0 Å². The van der Waals surface area contributed by atoms with E-state index in [9.17, 15) is 14.4 Å². The number of carbonyl (C=O) groups is 3. The molecule has 1 saturated carbocycles. The predicted molar refractivity (Wildman–Crippen MR) is 119 cm³/mol. The number of thiol groups is 1. The number of ketones is 2. The predicted octanol–water partition coefficient (Wildman–Crippen LogP) is 5.29. The highest BCUT2D eigenvalue weighted by atomic mass is 32.1. The van der Waals surface area contributed by atoms with Crippen molar-refractivity contribution >= 4 is 30.2 Å². The molecule has 0 N–H and O–H groups in total. The van der Waals surface area contributed by atoms with Gasteiger partial charge in [-0.2, -0.15) is 12.6 Å². The van der Waals surface area contributed by atoms with E-state index in [1.165, 1.54) is 19.4 Å². The highest BCUT2D eigenvalue weighted by molar-refractivity contribution is 7.81. The van der Waals surface area contributed by atoms with Crippen molar-refractivity contribution in [1.29, 1.82) is 0 Å². The van der Waals surface area contributed by atoms with Crippen molar-refractivity contribution in [3.8, 4) is 0 Å². The average Bonchev–Trinajstić information content (AvgIpc) is 2.64. The first-order chi connectivity index (χ1) is 13.1. The van der Waals surface area contributed by atoms with Gasteiger partial charge < -0.3 is 4.74 Å². The zero-order valence-corrected chi connectivity index (χ0v) is 18.7. The van der Waals surface area contributed by atoms with Crippen LogP contribution in [0.1, 0.15) is 66.2 Å². The van der Waals surface area contributed by atoms with E-state index in [0.717, 1.165) is 42.7 Å². The molecule has 0 aromatic rings. The summed E-state index contributed by atoms with van der Waals surface area (Å²) >= 11 is 4.22. The minimum absolute atomic E-state index is 0.0230. The number of allylic oxidation sites excluding steroid dienone is 4. The molecule has 5 heteroatoms. The Balaban J connectivity index is 0.000000769. The van der Waals surface area contributed by atoms with Gasteiger partial charge in [0.1, 0.15) is 0 Å². The Morgan fingerprint density at radius 1 is 1.07 bits per heavy atom. The molecule has 158 valence electrons. The van der Waals surface area contributed by atoms with Gasteiger partial charge in [-0.25, -0.2) is 0 Å². The molecule has 1 rings (SSSR count). The van der Waals surface area contributed by atoms with Gasteiger partial charge in [-0.15, -0.1) is 6.58 Å². The molecule has 0 aromatic heterocycles. The average molecular weight is 409 g/mol. The quantitative estimate of drug-likeness (QED) is 0.185. The zero-order valence-electron chi connectivity index (χ0n) is 17.8. The molecule has 0 amide bonds. The molecule has 1 atom stereocenters. The molecule has 0 radical (unpaired) electrons. The number of carbonyl (C=O) groups excluding carboxylic acids is 3. The van der Waals surface area contributed by atoms with Gasteiger partial charge in [0.25, 0.3) is 0 Å². The fraction of sp³-hybridized carbons (Fsp3) is 0.609. The van der Waals surface area contributed by atoms with Gasteiger partial charge in [0.2, 0.25) is 0 Å². The van der Waals surface area contributed by atoms with Crippen LogP contribution in [0.5, 0.6) is 0 Å². The fourth-order valence-electron chi connectivity index (χ4n) is 2.87. The summed E-state index contributed by atoms with van der Waals surface area (Å²) in [5.74, 6) is 0.423. The standard InChI is InChI=1S/C16H26O3S.C7H10O/c1-4-12-5-7-13(8-6-12)16(18)19-10-14(17)15(20)9-11(2)3;1-6(2)4-5-7(3)8/h12-13,15,20H,2,4-10H2,1,3H3;4-5H,1H2,2-3H3/b;5-4-. The van der Waals surface area contributed by atoms with Crippen LogP contribution in [0.3, 0.4) is 0 Å². The molecular formula is C23H36O4S. The van der Waals surface area contributed by atoms with E-state index in [1.807, 2.05) is 13.8 Å². The van der Waals surface area contributed by atoms with Crippen molar-refractivity contribution in [2.75, 3.05) is 6.61 Å². The minimum Gasteiger partial charge on any atom is -0.457 e. The molecule has 1 fully saturated rings. The molecule has 1 aliphatic rings. The molecular weight excluding hydrogens is 372 g/mol. The third-order valence-corrected chi connectivity index (χ3v) is 5.10. The maximum atomic E-state index is 11.9. The monoisotopic (exact) mass is 408 g/mol. The third kappa shape index (κ3) is 12.7. The molecule has 0 saturated heterocycles. The summed E-state index contributed by atoms with van der Waals surface area (Å²) in [6.07, 6.45) is 8.88. The van der Waals surface area contributed by atoms with E-state index in [2.05, 4.69) is 32.7 Å². The Morgan fingerprint density at radius 2 is 1.64 bits per heavy atom. The van der Waals surface area contributed by atoms with Crippen LogP contribution < -0.4 is 0 Å². The van der Waals surface area contributed by atoms with Crippen LogP contribution in [0.15, 0.2) is 36.5 Å². The molecule has 1 aliphatic carbocycles. The van der Waals surface area contributed by atoms with E-state index in [0.29, 0.717) is 6.42 Å². The summed E-state index contributed by atoms with van der Waals surface area (Å²) in [6.45, 7) is 14.6. The Morgan fingerprint density at radius 3 is 2.04 bits per heavy atom. The summed E-state index contributed by atoms with van der Waals surface area (Å²) in [7, 11) is 0. The topological polar surface area (TPSA) is 60.4 Å². The highest BCUT2D eigenvalue weighted by Gasteiger charge is 2.27. The van der Waals surface area contributed by atoms with Crippen molar-refractivity contribution in [1.82, 2.24) is 0 Å². The smallest absolute Gasteiger partial charge is 0.309 e. The SMILES string of the molecule is C=C(C)/C=C\C(C)=O.C=C(C)CC(S)C(=O)COC(=O)C1CCC(CC)CC1. The number of hydrogen-bond donors (Lipinski definition) is 1. The lowest BCUT2D eigenvalue weighted by Crippen LogP contribution is -2.28. The highest BCUT2D eigenvalue weighted by Crippen LogP contribution is 2.31. The largest absolute Gasteiger partial charge is 0.457 e. The summed E-state index contributed by atoms with van der Waals surface area (Å²) in [5.41, 5.74) is 1.81. The molecule has 28 heavy (non-hydrogen) atoms. The molecule has 4 nitrogen and oxygen atoms in total. The molecule has 0 spiro atoms. The minimum atomic E-state index is -0.420. The second kappa shape index (κ2) is 14.4. The van der Waals surface area contributed by atoms with Crippen LogP contribution in [0.25, 0.3) is 0 Å². The Labute approximate surface area is 175 Å². The molecule has 0 bridgehead atoms. The van der Waals surface area contributed by atoms with Crippen molar-refractivity contribution in [3.05, 3.63) is 36.5 Å². The maximum absolute atomic E-state index is 11.9. The summed E-state index contributed by atoms with van der Waals surface area (Å²) in [6, 6.07) is 0.